The largest absolute Gasteiger partial charge is 0.271 e. The second-order valence-corrected chi connectivity index (χ2v) is 7.97. The summed E-state index contributed by atoms with van der Waals surface area (Å²) in [5.74, 6) is 6.84. The summed E-state index contributed by atoms with van der Waals surface area (Å²) in [6, 6.07) is 0.299. The van der Waals surface area contributed by atoms with Crippen LogP contribution >= 0.6 is 27.7 Å². The molecule has 4 nitrogen and oxygen atoms in total. The first-order valence-corrected chi connectivity index (χ1v) is 9.77. The number of nitrogens with zero attached hydrogens (tertiary/aromatic N) is 2. The molecule has 1 unspecified atom stereocenters. The van der Waals surface area contributed by atoms with Gasteiger partial charge in [0.05, 0.1) is 15.9 Å². The molecule has 21 heavy (non-hydrogen) atoms. The first-order valence-electron chi connectivity index (χ1n) is 7.93. The molecule has 0 amide bonds. The highest BCUT2D eigenvalue weighted by Gasteiger charge is 2.20. The van der Waals surface area contributed by atoms with Crippen LogP contribution in [0.15, 0.2) is 4.47 Å². The van der Waals surface area contributed by atoms with Gasteiger partial charge in [-0.2, -0.15) is 16.9 Å². The van der Waals surface area contributed by atoms with Gasteiger partial charge in [0.15, 0.2) is 0 Å². The molecule has 1 aromatic heterocycles. The van der Waals surface area contributed by atoms with Gasteiger partial charge in [-0.15, -0.1) is 0 Å². The van der Waals surface area contributed by atoms with Gasteiger partial charge >= 0.3 is 0 Å². The molecule has 0 aromatic carbocycles. The highest BCUT2D eigenvalue weighted by Crippen LogP contribution is 2.29. The number of aryl methyl sites for hydroxylation is 2. The molecule has 0 bridgehead atoms. The molecule has 6 heteroatoms. The van der Waals surface area contributed by atoms with Crippen molar-refractivity contribution >= 4 is 27.7 Å². The lowest BCUT2D eigenvalue weighted by molar-refractivity contribution is 0.511. The van der Waals surface area contributed by atoms with E-state index in [1.165, 1.54) is 37.8 Å². The number of rotatable bonds is 7. The van der Waals surface area contributed by atoms with Crippen molar-refractivity contribution in [3.05, 3.63) is 15.9 Å². The standard InChI is InChI=1S/C15H27BrN4S/c1-3-13-15(16)14(20(2)19-13)9-11(18-17)10-21-12-7-5-4-6-8-12/h11-12,18H,3-10,17H2,1-2H3. The molecule has 120 valence electrons. The monoisotopic (exact) mass is 374 g/mol. The fourth-order valence-corrected chi connectivity index (χ4v) is 5.09. The van der Waals surface area contributed by atoms with Gasteiger partial charge in [-0.1, -0.05) is 26.2 Å². The Kier molecular flexibility index (Phi) is 7.05. The molecular formula is C15H27BrN4S. The second kappa shape index (κ2) is 8.56. The number of hydrazine groups is 1. The zero-order valence-electron chi connectivity index (χ0n) is 13.1. The Morgan fingerprint density at radius 2 is 2.14 bits per heavy atom. The molecule has 1 heterocycles. The molecule has 0 radical (unpaired) electrons. The Morgan fingerprint density at radius 1 is 1.43 bits per heavy atom. The van der Waals surface area contributed by atoms with E-state index >= 15 is 0 Å². The summed E-state index contributed by atoms with van der Waals surface area (Å²) in [5.41, 5.74) is 5.35. The van der Waals surface area contributed by atoms with Gasteiger partial charge in [0.2, 0.25) is 0 Å². The van der Waals surface area contributed by atoms with Crippen molar-refractivity contribution in [3.63, 3.8) is 0 Å². The van der Waals surface area contributed by atoms with Crippen LogP contribution in [0.4, 0.5) is 0 Å². The smallest absolute Gasteiger partial charge is 0.0766 e. The van der Waals surface area contributed by atoms with E-state index in [0.717, 1.165) is 34.0 Å². The van der Waals surface area contributed by atoms with E-state index in [4.69, 9.17) is 5.84 Å². The van der Waals surface area contributed by atoms with E-state index in [1.54, 1.807) is 0 Å². The third kappa shape index (κ3) is 4.71. The van der Waals surface area contributed by atoms with E-state index in [1.807, 2.05) is 11.7 Å². The molecule has 1 aromatic rings. The maximum Gasteiger partial charge on any atom is 0.0766 e. The SMILES string of the molecule is CCc1nn(C)c(CC(CSC2CCCCC2)NN)c1Br. The molecule has 0 spiro atoms. The van der Waals surface area contributed by atoms with Crippen molar-refractivity contribution in [3.8, 4) is 0 Å². The molecule has 0 saturated heterocycles. The zero-order valence-corrected chi connectivity index (χ0v) is 15.5. The molecule has 3 N–H and O–H groups in total. The number of hydrogen-bond acceptors (Lipinski definition) is 4. The fraction of sp³-hybridized carbons (Fsp3) is 0.800. The van der Waals surface area contributed by atoms with Crippen LogP contribution in [-0.4, -0.2) is 26.8 Å². The van der Waals surface area contributed by atoms with Crippen LogP contribution in [0.1, 0.15) is 50.4 Å². The Labute approximate surface area is 140 Å². The van der Waals surface area contributed by atoms with Crippen molar-refractivity contribution in [2.45, 2.75) is 63.2 Å². The Morgan fingerprint density at radius 3 is 2.71 bits per heavy atom. The fourth-order valence-electron chi connectivity index (χ4n) is 2.92. The van der Waals surface area contributed by atoms with Crippen molar-refractivity contribution in [2.24, 2.45) is 12.9 Å². The van der Waals surface area contributed by atoms with Crippen molar-refractivity contribution in [2.75, 3.05) is 5.75 Å². The predicted molar refractivity (Wildman–Crippen MR) is 94.4 cm³/mol. The summed E-state index contributed by atoms with van der Waals surface area (Å²) < 4.78 is 3.13. The molecule has 1 aliphatic carbocycles. The second-order valence-electron chi connectivity index (χ2n) is 5.85. The van der Waals surface area contributed by atoms with Crippen LogP contribution in [0.5, 0.6) is 0 Å². The number of aromatic nitrogens is 2. The Bertz CT molecular complexity index is 443. The van der Waals surface area contributed by atoms with Crippen LogP contribution in [0, 0.1) is 0 Å². The molecule has 1 aliphatic rings. The molecule has 2 rings (SSSR count). The normalized spacial score (nSPS) is 18.1. The van der Waals surface area contributed by atoms with Crippen molar-refractivity contribution < 1.29 is 0 Å². The zero-order chi connectivity index (χ0) is 15.2. The lowest BCUT2D eigenvalue weighted by atomic mass is 10.0. The highest BCUT2D eigenvalue weighted by atomic mass is 79.9. The number of hydrogen-bond donors (Lipinski definition) is 2. The summed E-state index contributed by atoms with van der Waals surface area (Å²) in [6.07, 6.45) is 8.81. The summed E-state index contributed by atoms with van der Waals surface area (Å²) in [5, 5.41) is 5.39. The van der Waals surface area contributed by atoms with E-state index in [9.17, 15) is 0 Å². The van der Waals surface area contributed by atoms with Crippen LogP contribution < -0.4 is 11.3 Å². The third-order valence-corrected chi connectivity index (χ3v) is 6.72. The summed E-state index contributed by atoms with van der Waals surface area (Å²) in [6.45, 7) is 2.13. The number of nitrogens with two attached hydrogens (primary N) is 1. The Balaban J connectivity index is 1.91. The van der Waals surface area contributed by atoms with Gasteiger partial charge < -0.3 is 0 Å². The van der Waals surface area contributed by atoms with Crippen molar-refractivity contribution in [1.82, 2.24) is 15.2 Å². The lowest BCUT2D eigenvalue weighted by Crippen LogP contribution is -2.39. The van der Waals surface area contributed by atoms with Crippen LogP contribution in [0.2, 0.25) is 0 Å². The summed E-state index contributed by atoms with van der Waals surface area (Å²) in [4.78, 5) is 0. The minimum absolute atomic E-state index is 0.299. The van der Waals surface area contributed by atoms with Gasteiger partial charge in [-0.3, -0.25) is 16.0 Å². The van der Waals surface area contributed by atoms with E-state index in [-0.39, 0.29) is 0 Å². The van der Waals surface area contributed by atoms with E-state index in [2.05, 4.69) is 45.1 Å². The third-order valence-electron chi connectivity index (χ3n) is 4.26. The van der Waals surface area contributed by atoms with Crippen LogP contribution in [0.25, 0.3) is 0 Å². The molecule has 1 atom stereocenters. The highest BCUT2D eigenvalue weighted by molar-refractivity contribution is 9.10. The number of nitrogens with one attached hydrogen (secondary N) is 1. The first kappa shape index (κ1) is 17.3. The van der Waals surface area contributed by atoms with Gasteiger partial charge in [0, 0.05) is 30.5 Å². The summed E-state index contributed by atoms with van der Waals surface area (Å²) >= 11 is 5.78. The van der Waals surface area contributed by atoms with Crippen LogP contribution in [-0.2, 0) is 19.9 Å². The first-order chi connectivity index (χ1) is 10.2. The summed E-state index contributed by atoms with van der Waals surface area (Å²) in [7, 11) is 2.01. The van der Waals surface area contributed by atoms with Gasteiger partial charge in [-0.25, -0.2) is 0 Å². The molecule has 0 aliphatic heterocycles. The minimum atomic E-state index is 0.299. The van der Waals surface area contributed by atoms with Crippen LogP contribution in [0.3, 0.4) is 0 Å². The van der Waals surface area contributed by atoms with Gasteiger partial charge in [0.1, 0.15) is 0 Å². The maximum atomic E-state index is 5.77. The number of thioether (sulfide) groups is 1. The topological polar surface area (TPSA) is 55.9 Å². The average Bonchev–Trinajstić information content (AvgIpc) is 2.79. The minimum Gasteiger partial charge on any atom is -0.271 e. The lowest BCUT2D eigenvalue weighted by Gasteiger charge is -2.23. The quantitative estimate of drug-likeness (QED) is 0.568. The maximum absolute atomic E-state index is 5.77. The number of halogens is 1. The van der Waals surface area contributed by atoms with E-state index in [0.29, 0.717) is 6.04 Å². The Hall–Kier alpha value is -0.0400. The molecule has 1 saturated carbocycles. The molecule has 1 fully saturated rings. The molecular weight excluding hydrogens is 348 g/mol. The van der Waals surface area contributed by atoms with Gasteiger partial charge in [-0.05, 0) is 35.2 Å². The van der Waals surface area contributed by atoms with E-state index < -0.39 is 0 Å². The van der Waals surface area contributed by atoms with Crippen molar-refractivity contribution in [1.29, 1.82) is 0 Å². The van der Waals surface area contributed by atoms with Gasteiger partial charge in [0.25, 0.3) is 0 Å². The predicted octanol–water partition coefficient (Wildman–Crippen LogP) is 3.19. The average molecular weight is 375 g/mol.